The summed E-state index contributed by atoms with van der Waals surface area (Å²) in [6.07, 6.45) is 3.91. The maximum Gasteiger partial charge on any atom is 0.305 e. The van der Waals surface area contributed by atoms with Gasteiger partial charge in [0.15, 0.2) is 0 Å². The first-order valence-corrected chi connectivity index (χ1v) is 6.73. The third-order valence-corrected chi connectivity index (χ3v) is 5.00. The minimum Gasteiger partial charge on any atom is -0.481 e. The molecule has 2 heterocycles. The molecular weight excluding hydrogens is 216 g/mol. The number of aliphatic carboxylic acids is 1. The zero-order chi connectivity index (χ0) is 12.5. The molecule has 4 heteroatoms. The van der Waals surface area contributed by atoms with E-state index in [9.17, 15) is 4.79 Å². The lowest BCUT2D eigenvalue weighted by atomic mass is 9.81. The zero-order valence-electron chi connectivity index (χ0n) is 11.0. The van der Waals surface area contributed by atoms with Gasteiger partial charge in [-0.25, -0.2) is 0 Å². The molecule has 2 aliphatic heterocycles. The van der Waals surface area contributed by atoms with E-state index in [0.717, 1.165) is 26.2 Å². The third kappa shape index (κ3) is 2.20. The number of carboxylic acids is 1. The van der Waals surface area contributed by atoms with Crippen molar-refractivity contribution in [2.75, 3.05) is 26.2 Å². The van der Waals surface area contributed by atoms with Gasteiger partial charge in [-0.1, -0.05) is 13.8 Å². The minimum absolute atomic E-state index is 0.0993. The Morgan fingerprint density at radius 2 is 2.00 bits per heavy atom. The summed E-state index contributed by atoms with van der Waals surface area (Å²) in [7, 11) is 0. The Hall–Kier alpha value is -0.610. The molecule has 98 valence electrons. The van der Waals surface area contributed by atoms with Gasteiger partial charge in [-0.15, -0.1) is 0 Å². The van der Waals surface area contributed by atoms with E-state index in [1.807, 2.05) is 0 Å². The van der Waals surface area contributed by atoms with Crippen molar-refractivity contribution in [3.05, 3.63) is 0 Å². The van der Waals surface area contributed by atoms with E-state index in [-0.39, 0.29) is 12.0 Å². The van der Waals surface area contributed by atoms with Gasteiger partial charge in [-0.05, 0) is 31.2 Å². The van der Waals surface area contributed by atoms with Crippen LogP contribution < -0.4 is 5.32 Å². The van der Waals surface area contributed by atoms with Crippen LogP contribution in [0.1, 0.15) is 39.5 Å². The molecule has 2 aliphatic rings. The summed E-state index contributed by atoms with van der Waals surface area (Å²) < 4.78 is 0. The number of rotatable bonds is 5. The van der Waals surface area contributed by atoms with Crippen molar-refractivity contribution in [2.45, 2.75) is 45.1 Å². The Balaban J connectivity index is 2.05. The van der Waals surface area contributed by atoms with Crippen LogP contribution in [0.4, 0.5) is 0 Å². The molecule has 0 aliphatic carbocycles. The second-order valence-corrected chi connectivity index (χ2v) is 5.78. The fraction of sp³-hybridized carbons (Fsp3) is 0.923. The second-order valence-electron chi connectivity index (χ2n) is 5.78. The van der Waals surface area contributed by atoms with Crippen molar-refractivity contribution in [3.8, 4) is 0 Å². The van der Waals surface area contributed by atoms with Crippen molar-refractivity contribution in [3.63, 3.8) is 0 Å². The summed E-state index contributed by atoms with van der Waals surface area (Å²) in [5.41, 5.74) is 0.332. The van der Waals surface area contributed by atoms with E-state index in [1.165, 1.54) is 19.3 Å². The van der Waals surface area contributed by atoms with Crippen LogP contribution in [-0.4, -0.2) is 47.7 Å². The lowest BCUT2D eigenvalue weighted by Crippen LogP contribution is -2.69. The Kier molecular flexibility index (Phi) is 3.46. The van der Waals surface area contributed by atoms with Crippen LogP contribution in [0.3, 0.4) is 0 Å². The topological polar surface area (TPSA) is 52.6 Å². The first-order chi connectivity index (χ1) is 8.06. The highest BCUT2D eigenvalue weighted by molar-refractivity contribution is 5.69. The van der Waals surface area contributed by atoms with Gasteiger partial charge in [0, 0.05) is 19.6 Å². The molecule has 0 radical (unpaired) electrons. The standard InChI is InChI=1S/C13H24N2O2/c1-3-12(4-2)5-6-15(10-12)13(7-11(16)17)8-14-9-13/h14H,3-10H2,1-2H3,(H,16,17). The van der Waals surface area contributed by atoms with E-state index in [2.05, 4.69) is 24.1 Å². The summed E-state index contributed by atoms with van der Waals surface area (Å²) in [5, 5.41) is 12.3. The molecule has 4 nitrogen and oxygen atoms in total. The maximum absolute atomic E-state index is 11.0. The monoisotopic (exact) mass is 240 g/mol. The molecule has 0 unspecified atom stereocenters. The molecule has 0 aromatic rings. The largest absolute Gasteiger partial charge is 0.481 e. The average molecular weight is 240 g/mol. The first-order valence-electron chi connectivity index (χ1n) is 6.73. The van der Waals surface area contributed by atoms with Crippen molar-refractivity contribution in [2.24, 2.45) is 5.41 Å². The van der Waals surface area contributed by atoms with Gasteiger partial charge < -0.3 is 10.4 Å². The lowest BCUT2D eigenvalue weighted by Gasteiger charge is -2.49. The van der Waals surface area contributed by atoms with Crippen molar-refractivity contribution in [1.82, 2.24) is 10.2 Å². The molecule has 0 bridgehead atoms. The molecule has 0 spiro atoms. The van der Waals surface area contributed by atoms with Gasteiger partial charge in [0.25, 0.3) is 0 Å². The van der Waals surface area contributed by atoms with Gasteiger partial charge in [0.05, 0.1) is 12.0 Å². The predicted octanol–water partition coefficient (Wildman–Crippen LogP) is 1.32. The SMILES string of the molecule is CCC1(CC)CCN(C2(CC(=O)O)CNC2)C1. The Morgan fingerprint density at radius 1 is 1.35 bits per heavy atom. The minimum atomic E-state index is -0.669. The Labute approximate surface area is 103 Å². The van der Waals surface area contributed by atoms with Crippen LogP contribution in [0.5, 0.6) is 0 Å². The quantitative estimate of drug-likeness (QED) is 0.761. The molecule has 17 heavy (non-hydrogen) atoms. The molecular formula is C13H24N2O2. The number of likely N-dealkylation sites (tertiary alicyclic amines) is 1. The summed E-state index contributed by atoms with van der Waals surface area (Å²) in [6.45, 7) is 8.34. The van der Waals surface area contributed by atoms with Gasteiger partial charge in [0.1, 0.15) is 0 Å². The Bertz CT molecular complexity index is 296. The van der Waals surface area contributed by atoms with E-state index < -0.39 is 5.97 Å². The second kappa shape index (κ2) is 4.58. The normalized spacial score (nSPS) is 26.7. The maximum atomic E-state index is 11.0. The molecule has 2 fully saturated rings. The van der Waals surface area contributed by atoms with Gasteiger partial charge in [-0.2, -0.15) is 0 Å². The highest BCUT2D eigenvalue weighted by atomic mass is 16.4. The van der Waals surface area contributed by atoms with E-state index >= 15 is 0 Å². The zero-order valence-corrected chi connectivity index (χ0v) is 11.0. The van der Waals surface area contributed by atoms with Crippen LogP contribution in [-0.2, 0) is 4.79 Å². The third-order valence-electron chi connectivity index (χ3n) is 5.00. The van der Waals surface area contributed by atoms with Crippen LogP contribution in [0, 0.1) is 5.41 Å². The molecule has 0 atom stereocenters. The smallest absolute Gasteiger partial charge is 0.305 e. The van der Waals surface area contributed by atoms with Crippen LogP contribution in [0.25, 0.3) is 0 Å². The van der Waals surface area contributed by atoms with E-state index in [0.29, 0.717) is 5.41 Å². The van der Waals surface area contributed by atoms with Crippen LogP contribution in [0.2, 0.25) is 0 Å². The van der Waals surface area contributed by atoms with Gasteiger partial charge in [-0.3, -0.25) is 9.69 Å². The number of carbonyl (C=O) groups is 1. The first kappa shape index (κ1) is 12.8. The van der Waals surface area contributed by atoms with Gasteiger partial charge >= 0.3 is 5.97 Å². The van der Waals surface area contributed by atoms with Crippen molar-refractivity contribution >= 4 is 5.97 Å². The molecule has 2 rings (SSSR count). The molecule has 0 aromatic carbocycles. The summed E-state index contributed by atoms with van der Waals surface area (Å²) in [4.78, 5) is 13.4. The molecule has 0 amide bonds. The molecule has 0 aromatic heterocycles. The predicted molar refractivity (Wildman–Crippen MR) is 67.1 cm³/mol. The summed E-state index contributed by atoms with van der Waals surface area (Å²) in [6, 6.07) is 0. The van der Waals surface area contributed by atoms with Crippen LogP contribution in [0.15, 0.2) is 0 Å². The molecule has 0 saturated carbocycles. The summed E-state index contributed by atoms with van der Waals surface area (Å²) >= 11 is 0. The summed E-state index contributed by atoms with van der Waals surface area (Å²) in [5.74, 6) is -0.669. The lowest BCUT2D eigenvalue weighted by molar-refractivity contribution is -0.141. The number of nitrogens with one attached hydrogen (secondary N) is 1. The number of carboxylic acid groups (broad SMARTS) is 1. The fourth-order valence-corrected chi connectivity index (χ4v) is 3.32. The van der Waals surface area contributed by atoms with E-state index in [4.69, 9.17) is 5.11 Å². The number of hydrogen-bond donors (Lipinski definition) is 2. The Morgan fingerprint density at radius 3 is 2.35 bits per heavy atom. The highest BCUT2D eigenvalue weighted by Gasteiger charge is 2.49. The van der Waals surface area contributed by atoms with Gasteiger partial charge in [0.2, 0.25) is 0 Å². The number of nitrogens with zero attached hydrogens (tertiary/aromatic N) is 1. The number of hydrogen-bond acceptors (Lipinski definition) is 3. The van der Waals surface area contributed by atoms with E-state index in [1.54, 1.807) is 0 Å². The highest BCUT2D eigenvalue weighted by Crippen LogP contribution is 2.41. The van der Waals surface area contributed by atoms with Crippen molar-refractivity contribution in [1.29, 1.82) is 0 Å². The fourth-order valence-electron chi connectivity index (χ4n) is 3.32. The molecule has 2 N–H and O–H groups in total. The average Bonchev–Trinajstić information content (AvgIpc) is 2.68. The molecule has 2 saturated heterocycles. The van der Waals surface area contributed by atoms with Crippen LogP contribution >= 0.6 is 0 Å². The van der Waals surface area contributed by atoms with Crippen molar-refractivity contribution < 1.29 is 9.90 Å².